The summed E-state index contributed by atoms with van der Waals surface area (Å²) in [6.45, 7) is 4.24. The van der Waals surface area contributed by atoms with Crippen molar-refractivity contribution >= 4 is 11.8 Å². The van der Waals surface area contributed by atoms with E-state index in [1.807, 2.05) is 17.8 Å². The number of aryl methyl sites for hydroxylation is 1. The molecule has 1 heterocycles. The van der Waals surface area contributed by atoms with Crippen molar-refractivity contribution in [3.05, 3.63) is 23.7 Å². The monoisotopic (exact) mass is 213 g/mol. The van der Waals surface area contributed by atoms with Gasteiger partial charge in [0.25, 0.3) is 0 Å². The van der Waals surface area contributed by atoms with E-state index in [9.17, 15) is 0 Å². The van der Waals surface area contributed by atoms with Gasteiger partial charge in [-0.25, -0.2) is 0 Å². The fraction of sp³-hybridized carbons (Fsp3) is 0.636. The maximum absolute atomic E-state index is 5.91. The average Bonchev–Trinajstić information content (AvgIpc) is 2.52. The highest BCUT2D eigenvalue weighted by molar-refractivity contribution is 7.98. The summed E-state index contributed by atoms with van der Waals surface area (Å²) in [5.74, 6) is 3.04. The van der Waals surface area contributed by atoms with Crippen LogP contribution in [0, 0.1) is 6.92 Å². The fourth-order valence-corrected chi connectivity index (χ4v) is 2.38. The Balaban J connectivity index is 2.19. The van der Waals surface area contributed by atoms with Crippen LogP contribution in [0.1, 0.15) is 31.1 Å². The Bertz CT molecular complexity index is 260. The van der Waals surface area contributed by atoms with Crippen molar-refractivity contribution in [1.29, 1.82) is 0 Å². The van der Waals surface area contributed by atoms with Gasteiger partial charge < -0.3 is 10.2 Å². The maximum Gasteiger partial charge on any atom is 0.116 e. The fourth-order valence-electron chi connectivity index (χ4n) is 1.31. The van der Waals surface area contributed by atoms with E-state index in [4.69, 9.17) is 10.2 Å². The molecule has 1 atom stereocenters. The van der Waals surface area contributed by atoms with Crippen LogP contribution in [-0.2, 0) is 5.75 Å². The van der Waals surface area contributed by atoms with Gasteiger partial charge in [0.2, 0.25) is 0 Å². The molecule has 0 spiro atoms. The normalized spacial score (nSPS) is 13.1. The number of nitrogens with two attached hydrogens (primary N) is 1. The molecule has 0 fully saturated rings. The van der Waals surface area contributed by atoms with E-state index >= 15 is 0 Å². The molecule has 14 heavy (non-hydrogen) atoms. The molecule has 0 aliphatic heterocycles. The van der Waals surface area contributed by atoms with Crippen LogP contribution < -0.4 is 5.73 Å². The third-order valence-electron chi connectivity index (χ3n) is 2.19. The van der Waals surface area contributed by atoms with Crippen molar-refractivity contribution in [3.63, 3.8) is 0 Å². The Labute approximate surface area is 90.2 Å². The topological polar surface area (TPSA) is 39.2 Å². The number of hydrogen-bond donors (Lipinski definition) is 1. The number of thioether (sulfide) groups is 1. The summed E-state index contributed by atoms with van der Waals surface area (Å²) >= 11 is 1.85. The molecule has 1 rings (SSSR count). The second-order valence-corrected chi connectivity index (χ2v) is 4.62. The molecule has 80 valence electrons. The lowest BCUT2D eigenvalue weighted by Crippen LogP contribution is -2.22. The maximum atomic E-state index is 5.91. The van der Waals surface area contributed by atoms with Gasteiger partial charge in [0, 0.05) is 11.8 Å². The van der Waals surface area contributed by atoms with Crippen molar-refractivity contribution < 1.29 is 4.42 Å². The first-order valence-electron chi connectivity index (χ1n) is 5.10. The van der Waals surface area contributed by atoms with E-state index in [0.717, 1.165) is 23.7 Å². The van der Waals surface area contributed by atoms with E-state index in [1.165, 1.54) is 12.0 Å². The molecule has 0 aliphatic carbocycles. The smallest absolute Gasteiger partial charge is 0.116 e. The van der Waals surface area contributed by atoms with Gasteiger partial charge in [-0.2, -0.15) is 11.8 Å². The molecule has 0 amide bonds. The molecule has 0 bridgehead atoms. The predicted octanol–water partition coefficient (Wildman–Crippen LogP) is 2.95. The molecular formula is C11H19NOS. The molecule has 1 aromatic heterocycles. The van der Waals surface area contributed by atoms with Gasteiger partial charge in [0.15, 0.2) is 0 Å². The number of hydrogen-bond acceptors (Lipinski definition) is 3. The third kappa shape index (κ3) is 3.76. The highest BCUT2D eigenvalue weighted by atomic mass is 32.2. The minimum Gasteiger partial charge on any atom is -0.468 e. The second-order valence-electron chi connectivity index (χ2n) is 3.59. The molecule has 2 nitrogen and oxygen atoms in total. The van der Waals surface area contributed by atoms with E-state index < -0.39 is 0 Å². The summed E-state index contributed by atoms with van der Waals surface area (Å²) in [4.78, 5) is 0. The number of furan rings is 1. The molecule has 1 unspecified atom stereocenters. The molecule has 3 heteroatoms. The summed E-state index contributed by atoms with van der Waals surface area (Å²) in [6, 6.07) is 2.34. The lowest BCUT2D eigenvalue weighted by molar-refractivity contribution is 0.527. The van der Waals surface area contributed by atoms with Crippen molar-refractivity contribution in [2.24, 2.45) is 5.73 Å². The van der Waals surface area contributed by atoms with Gasteiger partial charge >= 0.3 is 0 Å². The summed E-state index contributed by atoms with van der Waals surface area (Å²) < 4.78 is 5.34. The zero-order valence-corrected chi connectivity index (χ0v) is 9.77. The van der Waals surface area contributed by atoms with Gasteiger partial charge in [-0.1, -0.05) is 13.3 Å². The minimum absolute atomic E-state index is 0.334. The van der Waals surface area contributed by atoms with Crippen molar-refractivity contribution in [1.82, 2.24) is 0 Å². The predicted molar refractivity (Wildman–Crippen MR) is 62.5 cm³/mol. The Hall–Kier alpha value is -0.410. The van der Waals surface area contributed by atoms with Crippen molar-refractivity contribution in [2.45, 2.75) is 38.5 Å². The van der Waals surface area contributed by atoms with Gasteiger partial charge in [0.1, 0.15) is 5.76 Å². The first-order chi connectivity index (χ1) is 6.74. The van der Waals surface area contributed by atoms with Crippen LogP contribution in [0.5, 0.6) is 0 Å². The Morgan fingerprint density at radius 2 is 2.36 bits per heavy atom. The van der Waals surface area contributed by atoms with E-state index in [0.29, 0.717) is 6.04 Å². The zero-order chi connectivity index (χ0) is 10.4. The van der Waals surface area contributed by atoms with Gasteiger partial charge in [-0.05, 0) is 25.0 Å². The standard InChI is InChI=1S/C11H19NOS/c1-3-4-10(12)7-14-8-11-9(2)5-6-13-11/h5-6,10H,3-4,7-8,12H2,1-2H3. The molecular weight excluding hydrogens is 194 g/mol. The Kier molecular flexibility index (Phi) is 5.12. The molecule has 0 aliphatic rings. The first kappa shape index (κ1) is 11.7. The van der Waals surface area contributed by atoms with Crippen molar-refractivity contribution in [3.8, 4) is 0 Å². The molecule has 1 aromatic rings. The number of rotatable bonds is 6. The van der Waals surface area contributed by atoms with Crippen LogP contribution in [-0.4, -0.2) is 11.8 Å². The third-order valence-corrected chi connectivity index (χ3v) is 3.32. The van der Waals surface area contributed by atoms with Crippen LogP contribution >= 0.6 is 11.8 Å². The van der Waals surface area contributed by atoms with E-state index in [-0.39, 0.29) is 0 Å². The van der Waals surface area contributed by atoms with Crippen LogP contribution in [0.25, 0.3) is 0 Å². The average molecular weight is 213 g/mol. The zero-order valence-electron chi connectivity index (χ0n) is 8.95. The molecule has 0 saturated carbocycles. The molecule has 2 N–H and O–H groups in total. The van der Waals surface area contributed by atoms with Crippen molar-refractivity contribution in [2.75, 3.05) is 5.75 Å². The van der Waals surface area contributed by atoms with Crippen LogP contribution in [0.2, 0.25) is 0 Å². The van der Waals surface area contributed by atoms with Gasteiger partial charge in [-0.15, -0.1) is 0 Å². The first-order valence-corrected chi connectivity index (χ1v) is 6.25. The SMILES string of the molecule is CCCC(N)CSCc1occc1C. The van der Waals surface area contributed by atoms with Crippen LogP contribution in [0.15, 0.2) is 16.7 Å². The molecule has 0 saturated heterocycles. The lowest BCUT2D eigenvalue weighted by atomic mass is 10.2. The summed E-state index contributed by atoms with van der Waals surface area (Å²) in [5, 5.41) is 0. The molecule has 0 radical (unpaired) electrons. The van der Waals surface area contributed by atoms with E-state index in [2.05, 4.69) is 13.8 Å². The summed E-state index contributed by atoms with van der Waals surface area (Å²) in [6.07, 6.45) is 4.03. The molecule has 0 aromatic carbocycles. The minimum atomic E-state index is 0.334. The largest absolute Gasteiger partial charge is 0.468 e. The Morgan fingerprint density at radius 1 is 1.57 bits per heavy atom. The highest BCUT2D eigenvalue weighted by Crippen LogP contribution is 2.17. The second kappa shape index (κ2) is 6.14. The quantitative estimate of drug-likeness (QED) is 0.789. The van der Waals surface area contributed by atoms with Crippen LogP contribution in [0.3, 0.4) is 0 Å². The summed E-state index contributed by atoms with van der Waals surface area (Å²) in [7, 11) is 0. The van der Waals surface area contributed by atoms with Gasteiger partial charge in [-0.3, -0.25) is 0 Å². The van der Waals surface area contributed by atoms with Crippen LogP contribution in [0.4, 0.5) is 0 Å². The Morgan fingerprint density at radius 3 is 2.93 bits per heavy atom. The summed E-state index contributed by atoms with van der Waals surface area (Å²) in [5.41, 5.74) is 7.15. The lowest BCUT2D eigenvalue weighted by Gasteiger charge is -2.08. The van der Waals surface area contributed by atoms with Gasteiger partial charge in [0.05, 0.1) is 12.0 Å². The highest BCUT2D eigenvalue weighted by Gasteiger charge is 2.04. The van der Waals surface area contributed by atoms with E-state index in [1.54, 1.807) is 6.26 Å².